The van der Waals surface area contributed by atoms with Crippen molar-refractivity contribution >= 4 is 30.1 Å². The highest BCUT2D eigenvalue weighted by molar-refractivity contribution is 7.98. The lowest BCUT2D eigenvalue weighted by atomic mass is 10.1. The molecule has 2 N–H and O–H groups in total. The van der Waals surface area contributed by atoms with E-state index in [0.717, 1.165) is 6.54 Å². The first-order valence-corrected chi connectivity index (χ1v) is 7.26. The van der Waals surface area contributed by atoms with Gasteiger partial charge in [-0.3, -0.25) is 4.79 Å². The molecular weight excluding hydrogens is 303 g/mol. The van der Waals surface area contributed by atoms with E-state index in [2.05, 4.69) is 10.6 Å². The number of ether oxygens (including phenoxy) is 1. The van der Waals surface area contributed by atoms with E-state index in [9.17, 15) is 9.18 Å². The van der Waals surface area contributed by atoms with Crippen molar-refractivity contribution in [3.8, 4) is 0 Å². The molecule has 2 unspecified atom stereocenters. The number of thioether (sulfide) groups is 1. The first kappa shape index (κ1) is 17.2. The van der Waals surface area contributed by atoms with Crippen molar-refractivity contribution in [1.29, 1.82) is 0 Å². The average molecular weight is 321 g/mol. The van der Waals surface area contributed by atoms with Gasteiger partial charge in [0.25, 0.3) is 5.91 Å². The van der Waals surface area contributed by atoms with Crippen LogP contribution >= 0.6 is 24.2 Å². The van der Waals surface area contributed by atoms with Crippen molar-refractivity contribution in [2.24, 2.45) is 0 Å². The van der Waals surface area contributed by atoms with Gasteiger partial charge in [0.05, 0.1) is 12.1 Å². The summed E-state index contributed by atoms with van der Waals surface area (Å²) in [5.41, 5.74) is 0.465. The molecule has 0 spiro atoms. The minimum absolute atomic E-state index is 0. The van der Waals surface area contributed by atoms with E-state index in [4.69, 9.17) is 4.74 Å². The first-order valence-electron chi connectivity index (χ1n) is 6.03. The molecule has 0 saturated carbocycles. The number of amides is 1. The Kier molecular flexibility index (Phi) is 6.75. The van der Waals surface area contributed by atoms with Crippen LogP contribution in [-0.2, 0) is 4.74 Å². The number of halogens is 2. The summed E-state index contributed by atoms with van der Waals surface area (Å²) >= 11 is 1.28. The van der Waals surface area contributed by atoms with Crippen LogP contribution in [0.25, 0.3) is 0 Å². The van der Waals surface area contributed by atoms with Crippen LogP contribution in [0.4, 0.5) is 4.39 Å². The van der Waals surface area contributed by atoms with Gasteiger partial charge in [-0.1, -0.05) is 0 Å². The topological polar surface area (TPSA) is 50.4 Å². The maximum atomic E-state index is 13.4. The van der Waals surface area contributed by atoms with Gasteiger partial charge < -0.3 is 15.4 Å². The summed E-state index contributed by atoms with van der Waals surface area (Å²) in [6.45, 7) is 1.40. The van der Waals surface area contributed by atoms with E-state index in [0.29, 0.717) is 17.0 Å². The Morgan fingerprint density at radius 1 is 1.50 bits per heavy atom. The maximum Gasteiger partial charge on any atom is 0.251 e. The van der Waals surface area contributed by atoms with Gasteiger partial charge in [-0.2, -0.15) is 0 Å². The Balaban J connectivity index is 0.00000200. The van der Waals surface area contributed by atoms with Gasteiger partial charge >= 0.3 is 0 Å². The molecule has 4 nitrogen and oxygen atoms in total. The number of carbonyl (C=O) groups excluding carboxylic acids is 1. The molecular formula is C13H18ClFN2O2S. The van der Waals surface area contributed by atoms with Gasteiger partial charge in [-0.25, -0.2) is 4.39 Å². The van der Waals surface area contributed by atoms with Crippen molar-refractivity contribution in [1.82, 2.24) is 10.6 Å². The number of carbonyl (C=O) groups is 1. The highest BCUT2D eigenvalue weighted by Gasteiger charge is 2.28. The lowest BCUT2D eigenvalue weighted by molar-refractivity contribution is 0.0779. The smallest absolute Gasteiger partial charge is 0.251 e. The molecule has 1 aromatic rings. The fourth-order valence-electron chi connectivity index (χ4n) is 2.10. The van der Waals surface area contributed by atoms with Gasteiger partial charge in [-0.05, 0) is 24.5 Å². The second-order valence-corrected chi connectivity index (χ2v) is 5.21. The number of nitrogens with one attached hydrogen (secondary N) is 2. The standard InChI is InChI=1S/C13H17FN2O2S.ClH/c1-18-11-7-15-6-10(11)16-13(17)8-3-4-9(14)12(5-8)19-2;/h3-5,10-11,15H,6-7H2,1-2H3,(H,16,17);1H. The highest BCUT2D eigenvalue weighted by Crippen LogP contribution is 2.20. The lowest BCUT2D eigenvalue weighted by Crippen LogP contribution is -2.43. The van der Waals surface area contributed by atoms with E-state index >= 15 is 0 Å². The molecule has 0 radical (unpaired) electrons. The van der Waals surface area contributed by atoms with E-state index in [1.807, 2.05) is 0 Å². The summed E-state index contributed by atoms with van der Waals surface area (Å²) in [6, 6.07) is 4.33. The van der Waals surface area contributed by atoms with Crippen LogP contribution < -0.4 is 10.6 Å². The molecule has 2 atom stereocenters. The predicted molar refractivity (Wildman–Crippen MR) is 80.3 cm³/mol. The summed E-state index contributed by atoms with van der Waals surface area (Å²) in [6.07, 6.45) is 1.76. The van der Waals surface area contributed by atoms with Crippen molar-refractivity contribution in [3.05, 3.63) is 29.6 Å². The van der Waals surface area contributed by atoms with Crippen molar-refractivity contribution in [2.45, 2.75) is 17.0 Å². The largest absolute Gasteiger partial charge is 0.378 e. The number of hydrogen-bond donors (Lipinski definition) is 2. The number of benzene rings is 1. The Bertz CT molecular complexity index is 476. The third kappa shape index (κ3) is 3.85. The molecule has 1 heterocycles. The Labute approximate surface area is 128 Å². The van der Waals surface area contributed by atoms with Crippen LogP contribution in [0.2, 0.25) is 0 Å². The SMILES string of the molecule is COC1CNCC1NC(=O)c1ccc(F)c(SC)c1.Cl. The molecule has 1 amide bonds. The zero-order chi connectivity index (χ0) is 13.8. The van der Waals surface area contributed by atoms with Gasteiger partial charge in [0, 0.05) is 30.7 Å². The normalized spacial score (nSPS) is 21.4. The Morgan fingerprint density at radius 3 is 2.90 bits per heavy atom. The molecule has 1 aliphatic rings. The molecule has 7 heteroatoms. The predicted octanol–water partition coefficient (Wildman–Crippen LogP) is 1.69. The van der Waals surface area contributed by atoms with Crippen LogP contribution in [0, 0.1) is 5.82 Å². The quantitative estimate of drug-likeness (QED) is 0.829. The minimum atomic E-state index is -0.304. The first-order chi connectivity index (χ1) is 9.15. The van der Waals surface area contributed by atoms with E-state index in [1.165, 1.54) is 23.9 Å². The van der Waals surface area contributed by atoms with Crippen LogP contribution in [0.3, 0.4) is 0 Å². The molecule has 1 aliphatic heterocycles. The molecule has 0 bridgehead atoms. The molecule has 2 rings (SSSR count). The summed E-state index contributed by atoms with van der Waals surface area (Å²) in [4.78, 5) is 12.6. The van der Waals surface area contributed by atoms with Crippen LogP contribution in [0.15, 0.2) is 23.1 Å². The fraction of sp³-hybridized carbons (Fsp3) is 0.462. The third-order valence-corrected chi connectivity index (χ3v) is 3.94. The van der Waals surface area contributed by atoms with E-state index in [-0.39, 0.29) is 36.3 Å². The molecule has 1 fully saturated rings. The van der Waals surface area contributed by atoms with Crippen molar-refractivity contribution < 1.29 is 13.9 Å². The molecule has 1 saturated heterocycles. The van der Waals surface area contributed by atoms with Crippen LogP contribution in [-0.4, -0.2) is 44.5 Å². The van der Waals surface area contributed by atoms with Gasteiger partial charge in [0.15, 0.2) is 0 Å². The number of rotatable bonds is 4. The maximum absolute atomic E-state index is 13.4. The zero-order valence-electron chi connectivity index (χ0n) is 11.3. The lowest BCUT2D eigenvalue weighted by Gasteiger charge is -2.18. The average Bonchev–Trinajstić information content (AvgIpc) is 2.86. The number of hydrogen-bond acceptors (Lipinski definition) is 4. The molecule has 0 aromatic heterocycles. The summed E-state index contributed by atoms with van der Waals surface area (Å²) in [5.74, 6) is -0.507. The van der Waals surface area contributed by atoms with Gasteiger partial charge in [0.2, 0.25) is 0 Å². The molecule has 1 aromatic carbocycles. The summed E-state index contributed by atoms with van der Waals surface area (Å²) in [5, 5.41) is 6.07. The van der Waals surface area contributed by atoms with Gasteiger partial charge in [0.1, 0.15) is 5.82 Å². The monoisotopic (exact) mass is 320 g/mol. The van der Waals surface area contributed by atoms with Crippen molar-refractivity contribution in [2.75, 3.05) is 26.5 Å². The van der Waals surface area contributed by atoms with Crippen LogP contribution in [0.5, 0.6) is 0 Å². The highest BCUT2D eigenvalue weighted by atomic mass is 35.5. The zero-order valence-corrected chi connectivity index (χ0v) is 12.9. The second kappa shape index (κ2) is 7.83. The van der Waals surface area contributed by atoms with Gasteiger partial charge in [-0.15, -0.1) is 24.2 Å². The van der Waals surface area contributed by atoms with Crippen LogP contribution in [0.1, 0.15) is 10.4 Å². The Morgan fingerprint density at radius 2 is 2.25 bits per heavy atom. The Hall–Kier alpha value is -0.820. The second-order valence-electron chi connectivity index (χ2n) is 4.36. The van der Waals surface area contributed by atoms with Crippen molar-refractivity contribution in [3.63, 3.8) is 0 Å². The molecule has 0 aliphatic carbocycles. The fourth-order valence-corrected chi connectivity index (χ4v) is 2.61. The third-order valence-electron chi connectivity index (χ3n) is 3.19. The summed E-state index contributed by atoms with van der Waals surface area (Å²) in [7, 11) is 1.63. The molecule has 112 valence electrons. The van der Waals surface area contributed by atoms with E-state index < -0.39 is 0 Å². The summed E-state index contributed by atoms with van der Waals surface area (Å²) < 4.78 is 18.7. The minimum Gasteiger partial charge on any atom is -0.378 e. The molecule has 20 heavy (non-hydrogen) atoms. The number of methoxy groups -OCH3 is 1. The van der Waals surface area contributed by atoms with E-state index in [1.54, 1.807) is 19.4 Å².